The maximum absolute atomic E-state index is 5.21. The summed E-state index contributed by atoms with van der Waals surface area (Å²) in [4.78, 5) is 5.21. The fourth-order valence-corrected chi connectivity index (χ4v) is 1.68. The van der Waals surface area contributed by atoms with Crippen molar-refractivity contribution in [3.05, 3.63) is 0 Å². The molecule has 1 aliphatic rings. The number of thioether (sulfide) groups is 1. The van der Waals surface area contributed by atoms with Crippen LogP contribution in [0.1, 0.15) is 20.3 Å². The van der Waals surface area contributed by atoms with Gasteiger partial charge in [0.25, 0.3) is 0 Å². The van der Waals surface area contributed by atoms with E-state index in [1.807, 2.05) is 38.1 Å². The number of hydrogen-bond acceptors (Lipinski definition) is 3. The zero-order valence-electron chi connectivity index (χ0n) is 8.00. The Kier molecular flexibility index (Phi) is 2.77. The molecule has 0 saturated heterocycles. The Hall–Kier alpha value is -0.510. The Morgan fingerprint density at radius 2 is 2.25 bits per heavy atom. The van der Waals surface area contributed by atoms with E-state index in [2.05, 4.69) is 5.16 Å². The van der Waals surface area contributed by atoms with Crippen molar-refractivity contribution in [2.24, 2.45) is 5.16 Å². The first kappa shape index (κ1) is 9.58. The predicted octanol–water partition coefficient (Wildman–Crippen LogP) is 1.53. The first-order chi connectivity index (χ1) is 5.49. The summed E-state index contributed by atoms with van der Waals surface area (Å²) in [5.74, 6) is 0. The van der Waals surface area contributed by atoms with Crippen LogP contribution in [0.5, 0.6) is 0 Å². The van der Waals surface area contributed by atoms with Gasteiger partial charge in [0.15, 0.2) is 0 Å². The summed E-state index contributed by atoms with van der Waals surface area (Å²) in [7, 11) is 3.99. The van der Waals surface area contributed by atoms with Crippen molar-refractivity contribution in [2.75, 3.05) is 14.1 Å². The largest absolute Gasteiger partial charge is 0.389 e. The van der Waals surface area contributed by atoms with Crippen LogP contribution in [0.25, 0.3) is 0 Å². The molecular weight excluding hydrogens is 172 g/mol. The van der Waals surface area contributed by atoms with Crippen LogP contribution < -0.4 is 0 Å². The molecule has 0 amide bonds. The van der Waals surface area contributed by atoms with Crippen LogP contribution in [0, 0.1) is 0 Å². The first-order valence-electron chi connectivity index (χ1n) is 3.91. The third kappa shape index (κ3) is 2.85. The second kappa shape index (κ2) is 3.47. The highest BCUT2D eigenvalue weighted by molar-refractivity contribution is 8.24. The molecule has 0 saturated carbocycles. The molecule has 0 bridgehead atoms. The van der Waals surface area contributed by atoms with Gasteiger partial charge in [-0.15, -0.1) is 0 Å². The summed E-state index contributed by atoms with van der Waals surface area (Å²) in [5.41, 5.74) is 1.91. The van der Waals surface area contributed by atoms with Crippen LogP contribution >= 0.6 is 11.8 Å². The van der Waals surface area contributed by atoms with Crippen molar-refractivity contribution in [1.82, 2.24) is 0 Å². The molecule has 0 radical (unpaired) electrons. The fraction of sp³-hybridized carbons (Fsp3) is 0.750. The van der Waals surface area contributed by atoms with Crippen molar-refractivity contribution in [3.8, 4) is 0 Å². The molecule has 0 aromatic heterocycles. The lowest BCUT2D eigenvalue weighted by Crippen LogP contribution is -2.18. The second-order valence-corrected chi connectivity index (χ2v) is 4.62. The molecule has 0 aromatic rings. The zero-order chi connectivity index (χ0) is 9.19. The summed E-state index contributed by atoms with van der Waals surface area (Å²) < 4.78 is 2.00. The van der Waals surface area contributed by atoms with E-state index in [9.17, 15) is 0 Å². The normalized spacial score (nSPS) is 19.8. The lowest BCUT2D eigenvalue weighted by atomic mass is 10.1. The molecule has 3 nitrogen and oxygen atoms in total. The van der Waals surface area contributed by atoms with Crippen LogP contribution in [-0.2, 0) is 4.84 Å². The lowest BCUT2D eigenvalue weighted by Gasteiger charge is -2.12. The van der Waals surface area contributed by atoms with E-state index in [1.54, 1.807) is 11.8 Å². The average molecular weight is 187 g/mol. The van der Waals surface area contributed by atoms with Gasteiger partial charge in [-0.2, -0.15) is 0 Å². The van der Waals surface area contributed by atoms with Gasteiger partial charge in [0.05, 0.1) is 0 Å². The van der Waals surface area contributed by atoms with E-state index in [-0.39, 0.29) is 5.60 Å². The van der Waals surface area contributed by atoms with Gasteiger partial charge < -0.3 is 4.84 Å². The minimum Gasteiger partial charge on any atom is -0.389 e. The van der Waals surface area contributed by atoms with Crippen molar-refractivity contribution < 1.29 is 9.41 Å². The highest BCUT2D eigenvalue weighted by Crippen LogP contribution is 2.26. The van der Waals surface area contributed by atoms with Crippen molar-refractivity contribution in [2.45, 2.75) is 25.9 Å². The van der Waals surface area contributed by atoms with E-state index in [0.29, 0.717) is 0 Å². The number of oxime groups is 1. The van der Waals surface area contributed by atoms with Crippen molar-refractivity contribution in [3.63, 3.8) is 0 Å². The fourth-order valence-electron chi connectivity index (χ4n) is 0.833. The molecule has 0 fully saturated rings. The van der Waals surface area contributed by atoms with Crippen molar-refractivity contribution in [1.29, 1.82) is 0 Å². The van der Waals surface area contributed by atoms with E-state index < -0.39 is 0 Å². The number of nitrogens with zero attached hydrogens (tertiary/aromatic N) is 2. The minimum atomic E-state index is -0.109. The summed E-state index contributed by atoms with van der Waals surface area (Å²) in [6.45, 7) is 4.08. The molecule has 0 unspecified atom stereocenters. The van der Waals surface area contributed by atoms with Gasteiger partial charge in [-0.1, -0.05) is 5.16 Å². The topological polar surface area (TPSA) is 24.6 Å². The predicted molar refractivity (Wildman–Crippen MR) is 53.0 cm³/mol. The standard InChI is InChI=1S/C8H15N2OS/c1-8(2)5-7(9-11-8)12-6-10(3)4/h6H,5H2,1-4H3/q+1. The van der Waals surface area contributed by atoms with Crippen molar-refractivity contribution >= 4 is 22.4 Å². The van der Waals surface area contributed by atoms with E-state index in [1.165, 1.54) is 0 Å². The Morgan fingerprint density at radius 3 is 2.67 bits per heavy atom. The minimum absolute atomic E-state index is 0.109. The van der Waals surface area contributed by atoms with Gasteiger partial charge in [0.1, 0.15) is 24.7 Å². The van der Waals surface area contributed by atoms with Gasteiger partial charge in [0.2, 0.25) is 5.55 Å². The summed E-state index contributed by atoms with van der Waals surface area (Å²) >= 11 is 1.62. The van der Waals surface area contributed by atoms with Crippen LogP contribution in [0.2, 0.25) is 0 Å². The van der Waals surface area contributed by atoms with Gasteiger partial charge in [-0.05, 0) is 25.6 Å². The first-order valence-corrected chi connectivity index (χ1v) is 4.79. The van der Waals surface area contributed by atoms with Gasteiger partial charge in [-0.25, -0.2) is 4.58 Å². The molecule has 0 aliphatic carbocycles. The van der Waals surface area contributed by atoms with Crippen LogP contribution in [0.15, 0.2) is 5.16 Å². The van der Waals surface area contributed by atoms with E-state index >= 15 is 0 Å². The zero-order valence-corrected chi connectivity index (χ0v) is 8.81. The molecule has 68 valence electrons. The molecular formula is C8H15N2OS+. The highest BCUT2D eigenvalue weighted by atomic mass is 32.2. The van der Waals surface area contributed by atoms with Crippen LogP contribution in [0.3, 0.4) is 0 Å². The summed E-state index contributed by atoms with van der Waals surface area (Å²) in [6.07, 6.45) is 0.905. The van der Waals surface area contributed by atoms with Gasteiger partial charge in [0, 0.05) is 6.42 Å². The lowest BCUT2D eigenvalue weighted by molar-refractivity contribution is -0.456. The second-order valence-electron chi connectivity index (χ2n) is 3.70. The van der Waals surface area contributed by atoms with Crippen LogP contribution in [0.4, 0.5) is 0 Å². The molecule has 0 N–H and O–H groups in total. The smallest absolute Gasteiger partial charge is 0.203 e. The molecule has 0 aromatic carbocycles. The average Bonchev–Trinajstić information content (AvgIpc) is 2.26. The number of rotatable bonds is 1. The third-order valence-electron chi connectivity index (χ3n) is 1.37. The van der Waals surface area contributed by atoms with E-state index in [0.717, 1.165) is 11.5 Å². The van der Waals surface area contributed by atoms with Crippen LogP contribution in [-0.4, -0.2) is 34.9 Å². The Balaban J connectivity index is 2.43. The number of hydrogen-bond donors (Lipinski definition) is 0. The Morgan fingerprint density at radius 1 is 1.58 bits per heavy atom. The third-order valence-corrected chi connectivity index (χ3v) is 2.39. The van der Waals surface area contributed by atoms with Gasteiger partial charge >= 0.3 is 0 Å². The molecule has 4 heteroatoms. The maximum atomic E-state index is 5.21. The molecule has 0 atom stereocenters. The molecule has 0 spiro atoms. The quantitative estimate of drug-likeness (QED) is 0.353. The molecule has 1 aliphatic heterocycles. The summed E-state index contributed by atoms with van der Waals surface area (Å²) in [6, 6.07) is 0. The Bertz CT molecular complexity index is 229. The molecule has 1 rings (SSSR count). The molecule has 1 heterocycles. The van der Waals surface area contributed by atoms with E-state index in [4.69, 9.17) is 4.84 Å². The molecule has 12 heavy (non-hydrogen) atoms. The Labute approximate surface area is 77.5 Å². The maximum Gasteiger partial charge on any atom is 0.203 e. The highest BCUT2D eigenvalue weighted by Gasteiger charge is 2.29. The SMILES string of the molecule is C[N+](C)=CSC1=NOC(C)(C)C1. The summed E-state index contributed by atoms with van der Waals surface area (Å²) in [5, 5.41) is 5.03. The van der Waals surface area contributed by atoms with Gasteiger partial charge in [-0.3, -0.25) is 0 Å². The monoisotopic (exact) mass is 187 g/mol.